The van der Waals surface area contributed by atoms with Crippen LogP contribution >= 0.6 is 0 Å². The van der Waals surface area contributed by atoms with Crippen LogP contribution in [0, 0.1) is 5.92 Å². The molecule has 100 valence electrons. The van der Waals surface area contributed by atoms with Crippen LogP contribution < -0.4 is 5.32 Å². The van der Waals surface area contributed by atoms with Crippen LogP contribution in [0.2, 0.25) is 0 Å². The van der Waals surface area contributed by atoms with E-state index in [1.165, 1.54) is 6.42 Å². The quantitative estimate of drug-likeness (QED) is 0.821. The molecule has 1 heterocycles. The molecule has 17 heavy (non-hydrogen) atoms. The van der Waals surface area contributed by atoms with Gasteiger partial charge in [0.05, 0.1) is 0 Å². The van der Waals surface area contributed by atoms with Crippen molar-refractivity contribution in [1.29, 1.82) is 0 Å². The Morgan fingerprint density at radius 1 is 1.29 bits per heavy atom. The maximum atomic E-state index is 12.1. The van der Waals surface area contributed by atoms with Gasteiger partial charge in [-0.15, -0.1) is 0 Å². The zero-order valence-electron chi connectivity index (χ0n) is 12.0. The maximum absolute atomic E-state index is 12.1. The third-order valence-corrected chi connectivity index (χ3v) is 3.43. The van der Waals surface area contributed by atoms with Gasteiger partial charge in [0.2, 0.25) is 5.91 Å². The summed E-state index contributed by atoms with van der Waals surface area (Å²) in [7, 11) is 0. The first kappa shape index (κ1) is 14.5. The van der Waals surface area contributed by atoms with Gasteiger partial charge in [-0.2, -0.15) is 0 Å². The second-order valence-corrected chi connectivity index (χ2v) is 6.50. The molecular formula is C14H28N2O. The fourth-order valence-corrected chi connectivity index (χ4v) is 2.32. The number of hydrogen-bond donors (Lipinski definition) is 1. The van der Waals surface area contributed by atoms with Crippen molar-refractivity contribution in [2.24, 2.45) is 5.92 Å². The van der Waals surface area contributed by atoms with Crippen LogP contribution in [-0.4, -0.2) is 35.5 Å². The number of nitrogens with one attached hydrogen (secondary N) is 1. The van der Waals surface area contributed by atoms with Crippen molar-refractivity contribution in [2.75, 3.05) is 13.1 Å². The largest absolute Gasteiger partial charge is 0.340 e. The van der Waals surface area contributed by atoms with Crippen molar-refractivity contribution in [3.63, 3.8) is 0 Å². The van der Waals surface area contributed by atoms with Crippen molar-refractivity contribution in [1.82, 2.24) is 10.2 Å². The molecule has 0 spiro atoms. The SMILES string of the molecule is CC1CCC(C)N(C(=O)CCNC(C)(C)C)C1. The molecule has 0 aliphatic carbocycles. The summed E-state index contributed by atoms with van der Waals surface area (Å²) < 4.78 is 0. The smallest absolute Gasteiger partial charge is 0.224 e. The van der Waals surface area contributed by atoms with Gasteiger partial charge in [0, 0.05) is 31.1 Å². The van der Waals surface area contributed by atoms with E-state index in [-0.39, 0.29) is 5.54 Å². The Hall–Kier alpha value is -0.570. The van der Waals surface area contributed by atoms with Crippen LogP contribution in [0.1, 0.15) is 53.9 Å². The lowest BCUT2D eigenvalue weighted by molar-refractivity contribution is -0.135. The summed E-state index contributed by atoms with van der Waals surface area (Å²) in [4.78, 5) is 14.2. The predicted octanol–water partition coefficient (Wildman–Crippen LogP) is 2.41. The lowest BCUT2D eigenvalue weighted by Gasteiger charge is -2.37. The molecule has 0 aromatic heterocycles. The summed E-state index contributed by atoms with van der Waals surface area (Å²) in [5, 5.41) is 3.37. The number of nitrogens with zero attached hydrogens (tertiary/aromatic N) is 1. The van der Waals surface area contributed by atoms with Gasteiger partial charge >= 0.3 is 0 Å². The molecule has 0 radical (unpaired) electrons. The van der Waals surface area contributed by atoms with Crippen LogP contribution in [0.4, 0.5) is 0 Å². The fraction of sp³-hybridized carbons (Fsp3) is 0.929. The Bertz CT molecular complexity index is 257. The number of amides is 1. The van der Waals surface area contributed by atoms with Crippen LogP contribution in [0.15, 0.2) is 0 Å². The first-order valence-corrected chi connectivity index (χ1v) is 6.84. The highest BCUT2D eigenvalue weighted by molar-refractivity contribution is 5.76. The molecule has 1 fully saturated rings. The predicted molar refractivity (Wildman–Crippen MR) is 71.9 cm³/mol. The van der Waals surface area contributed by atoms with E-state index in [9.17, 15) is 4.79 Å². The van der Waals surface area contributed by atoms with E-state index in [0.29, 0.717) is 24.3 Å². The zero-order valence-corrected chi connectivity index (χ0v) is 12.0. The fourth-order valence-electron chi connectivity index (χ4n) is 2.32. The van der Waals surface area contributed by atoms with E-state index in [4.69, 9.17) is 0 Å². The van der Waals surface area contributed by atoms with Gasteiger partial charge in [0.1, 0.15) is 0 Å². The summed E-state index contributed by atoms with van der Waals surface area (Å²) in [6, 6.07) is 0.424. The monoisotopic (exact) mass is 240 g/mol. The van der Waals surface area contributed by atoms with Crippen molar-refractivity contribution in [3.05, 3.63) is 0 Å². The normalized spacial score (nSPS) is 26.1. The third kappa shape index (κ3) is 5.07. The molecule has 0 aromatic rings. The average Bonchev–Trinajstić information content (AvgIpc) is 2.19. The molecule has 2 atom stereocenters. The van der Waals surface area contributed by atoms with E-state index in [1.807, 2.05) is 0 Å². The highest BCUT2D eigenvalue weighted by Gasteiger charge is 2.26. The van der Waals surface area contributed by atoms with Gasteiger partial charge < -0.3 is 10.2 Å². The standard InChI is InChI=1S/C14H28N2O/c1-11-6-7-12(2)16(10-11)13(17)8-9-15-14(3,4)5/h11-12,15H,6-10H2,1-5H3. The minimum absolute atomic E-state index is 0.0983. The van der Waals surface area contributed by atoms with Crippen LogP contribution in [0.25, 0.3) is 0 Å². The van der Waals surface area contributed by atoms with Gasteiger partial charge in [0.25, 0.3) is 0 Å². The van der Waals surface area contributed by atoms with E-state index in [0.717, 1.165) is 19.5 Å². The molecule has 1 rings (SSSR count). The van der Waals surface area contributed by atoms with Crippen molar-refractivity contribution >= 4 is 5.91 Å². The average molecular weight is 240 g/mol. The van der Waals surface area contributed by atoms with Gasteiger partial charge in [0.15, 0.2) is 0 Å². The molecule has 2 unspecified atom stereocenters. The Morgan fingerprint density at radius 2 is 1.94 bits per heavy atom. The highest BCUT2D eigenvalue weighted by atomic mass is 16.2. The summed E-state index contributed by atoms with van der Waals surface area (Å²) >= 11 is 0. The van der Waals surface area contributed by atoms with Crippen LogP contribution in [0.3, 0.4) is 0 Å². The van der Waals surface area contributed by atoms with Gasteiger partial charge in [-0.05, 0) is 46.5 Å². The molecule has 0 aromatic carbocycles. The van der Waals surface area contributed by atoms with Crippen molar-refractivity contribution in [2.45, 2.75) is 65.5 Å². The summed E-state index contributed by atoms with van der Waals surface area (Å²) in [6.45, 7) is 12.5. The van der Waals surface area contributed by atoms with E-state index in [2.05, 4.69) is 44.8 Å². The maximum Gasteiger partial charge on any atom is 0.224 e. The Labute approximate surface area is 106 Å². The van der Waals surface area contributed by atoms with Gasteiger partial charge in [-0.1, -0.05) is 6.92 Å². The van der Waals surface area contributed by atoms with Crippen molar-refractivity contribution in [3.8, 4) is 0 Å². The van der Waals surface area contributed by atoms with Crippen LogP contribution in [-0.2, 0) is 4.79 Å². The lowest BCUT2D eigenvalue weighted by atomic mass is 9.95. The minimum Gasteiger partial charge on any atom is -0.340 e. The van der Waals surface area contributed by atoms with Gasteiger partial charge in [-0.25, -0.2) is 0 Å². The Morgan fingerprint density at radius 3 is 2.53 bits per heavy atom. The summed E-state index contributed by atoms with van der Waals surface area (Å²) in [5.41, 5.74) is 0.0983. The minimum atomic E-state index is 0.0983. The molecule has 3 nitrogen and oxygen atoms in total. The Kier molecular flexibility index (Phi) is 4.99. The number of hydrogen-bond acceptors (Lipinski definition) is 2. The first-order valence-electron chi connectivity index (χ1n) is 6.84. The zero-order chi connectivity index (χ0) is 13.1. The summed E-state index contributed by atoms with van der Waals surface area (Å²) in [5.74, 6) is 0.964. The highest BCUT2D eigenvalue weighted by Crippen LogP contribution is 2.21. The number of rotatable bonds is 3. The molecule has 3 heteroatoms. The number of likely N-dealkylation sites (tertiary alicyclic amines) is 1. The molecule has 0 bridgehead atoms. The number of carbonyl (C=O) groups excluding carboxylic acids is 1. The van der Waals surface area contributed by atoms with E-state index >= 15 is 0 Å². The molecule has 1 N–H and O–H groups in total. The third-order valence-electron chi connectivity index (χ3n) is 3.43. The topological polar surface area (TPSA) is 32.3 Å². The second-order valence-electron chi connectivity index (χ2n) is 6.50. The van der Waals surface area contributed by atoms with Crippen LogP contribution in [0.5, 0.6) is 0 Å². The molecule has 1 aliphatic rings. The van der Waals surface area contributed by atoms with E-state index in [1.54, 1.807) is 0 Å². The molecular weight excluding hydrogens is 212 g/mol. The number of carbonyl (C=O) groups is 1. The Balaban J connectivity index is 2.36. The lowest BCUT2D eigenvalue weighted by Crippen LogP contribution is -2.46. The molecule has 1 amide bonds. The first-order chi connectivity index (χ1) is 7.79. The van der Waals surface area contributed by atoms with E-state index < -0.39 is 0 Å². The van der Waals surface area contributed by atoms with Gasteiger partial charge in [-0.3, -0.25) is 4.79 Å². The van der Waals surface area contributed by atoms with Crippen molar-refractivity contribution < 1.29 is 4.79 Å². The molecule has 1 saturated heterocycles. The second kappa shape index (κ2) is 5.85. The summed E-state index contributed by atoms with van der Waals surface area (Å²) in [6.07, 6.45) is 3.03. The number of piperidine rings is 1. The molecule has 0 saturated carbocycles. The molecule has 1 aliphatic heterocycles.